The number of sulfone groups is 1. The Morgan fingerprint density at radius 3 is 2.59 bits per heavy atom. The van der Waals surface area contributed by atoms with Gasteiger partial charge in [-0.05, 0) is 72.8 Å². The number of tetrazole rings is 1. The number of benzene rings is 1. The number of hydrogen-bond acceptors (Lipinski definition) is 8. The van der Waals surface area contributed by atoms with Crippen molar-refractivity contribution in [3.8, 4) is 5.69 Å². The molecule has 8 nitrogen and oxygen atoms in total. The first-order valence-electron chi connectivity index (χ1n) is 11.1. The molecule has 176 valence electrons. The monoisotopic (exact) mass is 479 g/mol. The Morgan fingerprint density at radius 1 is 1.28 bits per heavy atom. The lowest BCUT2D eigenvalue weighted by molar-refractivity contribution is -0.00967. The predicted molar refractivity (Wildman–Crippen MR) is 127 cm³/mol. The molecule has 1 aliphatic carbocycles. The predicted octanol–water partition coefficient (Wildman–Crippen LogP) is 2.43. The van der Waals surface area contributed by atoms with Crippen molar-refractivity contribution in [1.29, 1.82) is 0 Å². The number of para-hydroxylation sites is 1. The zero-order valence-electron chi connectivity index (χ0n) is 19.3. The molecule has 2 aliphatic rings. The Morgan fingerprint density at radius 2 is 2.00 bits per heavy atom. The van der Waals surface area contributed by atoms with Crippen LogP contribution < -0.4 is 5.32 Å². The summed E-state index contributed by atoms with van der Waals surface area (Å²) >= 11 is 1.92. The molecule has 0 bridgehead atoms. The number of thioether (sulfide) groups is 1. The van der Waals surface area contributed by atoms with E-state index in [0.717, 1.165) is 60.0 Å². The van der Waals surface area contributed by atoms with Gasteiger partial charge in [0.25, 0.3) is 0 Å². The number of ether oxygens (including phenoxy) is 1. The van der Waals surface area contributed by atoms with Gasteiger partial charge in [-0.25, -0.2) is 8.42 Å². The van der Waals surface area contributed by atoms with Gasteiger partial charge in [-0.2, -0.15) is 16.4 Å². The van der Waals surface area contributed by atoms with Gasteiger partial charge in [-0.3, -0.25) is 0 Å². The largest absolute Gasteiger partial charge is 0.376 e. The summed E-state index contributed by atoms with van der Waals surface area (Å²) in [4.78, 5) is 0. The van der Waals surface area contributed by atoms with E-state index in [0.29, 0.717) is 12.3 Å². The van der Waals surface area contributed by atoms with Crippen molar-refractivity contribution in [2.24, 2.45) is 5.92 Å². The minimum Gasteiger partial charge on any atom is -0.376 e. The summed E-state index contributed by atoms with van der Waals surface area (Å²) in [6.07, 6.45) is 4.59. The standard InChI is InChI=1S/C22H33N5O3S2/c1-16-6-5-7-17(2)19(16)27-20(24-25-26-27)22(12-18(13-22)8-11-32(4,28)29)23-14-21(30-3)9-10-31-15-21/h5-7,18,23H,8-15H2,1-4H3. The van der Waals surface area contributed by atoms with Crippen LogP contribution >= 0.6 is 11.8 Å². The second kappa shape index (κ2) is 9.04. The van der Waals surface area contributed by atoms with Gasteiger partial charge in [0.15, 0.2) is 5.82 Å². The highest BCUT2D eigenvalue weighted by molar-refractivity contribution is 7.99. The molecular weight excluding hydrogens is 446 g/mol. The average Bonchev–Trinajstić information content (AvgIpc) is 3.37. The second-order valence-corrected chi connectivity index (χ2v) is 12.8. The van der Waals surface area contributed by atoms with Gasteiger partial charge in [0.2, 0.25) is 0 Å². The Balaban J connectivity index is 1.63. The maximum Gasteiger partial charge on any atom is 0.176 e. The Bertz CT molecular complexity index is 1040. The highest BCUT2D eigenvalue weighted by Gasteiger charge is 2.50. The zero-order valence-corrected chi connectivity index (χ0v) is 20.9. The Labute approximate surface area is 194 Å². The van der Waals surface area contributed by atoms with E-state index < -0.39 is 15.4 Å². The van der Waals surface area contributed by atoms with E-state index in [1.165, 1.54) is 6.26 Å². The third-order valence-corrected chi connectivity index (χ3v) is 9.17. The van der Waals surface area contributed by atoms with E-state index in [9.17, 15) is 8.42 Å². The van der Waals surface area contributed by atoms with Crippen LogP contribution in [0.15, 0.2) is 18.2 Å². The van der Waals surface area contributed by atoms with Gasteiger partial charge in [0.05, 0.1) is 22.6 Å². The van der Waals surface area contributed by atoms with Crippen molar-refractivity contribution in [1.82, 2.24) is 25.5 Å². The maximum absolute atomic E-state index is 11.7. The summed E-state index contributed by atoms with van der Waals surface area (Å²) in [6, 6.07) is 6.18. The lowest BCUT2D eigenvalue weighted by atomic mass is 9.66. The lowest BCUT2D eigenvalue weighted by Gasteiger charge is -2.48. The van der Waals surface area contributed by atoms with Gasteiger partial charge >= 0.3 is 0 Å². The SMILES string of the molecule is COC1(CNC2(c3nnnn3-c3c(C)cccc3C)CC(CCS(C)(=O)=O)C2)CCSC1. The molecule has 0 spiro atoms. The molecule has 1 N–H and O–H groups in total. The van der Waals surface area contributed by atoms with Crippen molar-refractivity contribution in [2.45, 2.75) is 50.7 Å². The van der Waals surface area contributed by atoms with Gasteiger partial charge in [-0.1, -0.05) is 18.2 Å². The normalized spacial score (nSPS) is 28.1. The van der Waals surface area contributed by atoms with E-state index in [4.69, 9.17) is 4.74 Å². The molecule has 0 radical (unpaired) electrons. The van der Waals surface area contributed by atoms with Gasteiger partial charge in [-0.15, -0.1) is 5.10 Å². The second-order valence-electron chi connectivity index (χ2n) is 9.47. The van der Waals surface area contributed by atoms with Crippen molar-refractivity contribution in [3.63, 3.8) is 0 Å². The number of rotatable bonds is 9. The summed E-state index contributed by atoms with van der Waals surface area (Å²) < 4.78 is 31.2. The van der Waals surface area contributed by atoms with Crippen molar-refractivity contribution >= 4 is 21.6 Å². The van der Waals surface area contributed by atoms with Crippen molar-refractivity contribution in [3.05, 3.63) is 35.2 Å². The van der Waals surface area contributed by atoms with E-state index >= 15 is 0 Å². The summed E-state index contributed by atoms with van der Waals surface area (Å²) in [5.74, 6) is 3.39. The molecule has 4 rings (SSSR count). The molecule has 2 heterocycles. The first-order chi connectivity index (χ1) is 15.2. The van der Waals surface area contributed by atoms with E-state index in [2.05, 4.69) is 46.8 Å². The molecule has 32 heavy (non-hydrogen) atoms. The number of aromatic nitrogens is 4. The molecule has 1 aromatic heterocycles. The van der Waals surface area contributed by atoms with Crippen LogP contribution in [0.1, 0.15) is 42.6 Å². The van der Waals surface area contributed by atoms with Crippen LogP contribution in [0.25, 0.3) is 5.69 Å². The molecule has 1 atom stereocenters. The highest BCUT2D eigenvalue weighted by atomic mass is 32.2. The molecule has 1 aromatic carbocycles. The summed E-state index contributed by atoms with van der Waals surface area (Å²) in [6.45, 7) is 4.85. The van der Waals surface area contributed by atoms with Crippen LogP contribution in [0.2, 0.25) is 0 Å². The number of nitrogens with zero attached hydrogens (tertiary/aromatic N) is 4. The molecule has 1 saturated carbocycles. The first-order valence-corrected chi connectivity index (χ1v) is 14.3. The minimum absolute atomic E-state index is 0.188. The van der Waals surface area contributed by atoms with Gasteiger partial charge in [0.1, 0.15) is 9.84 Å². The van der Waals surface area contributed by atoms with E-state index in [1.807, 2.05) is 22.5 Å². The summed E-state index contributed by atoms with van der Waals surface area (Å²) in [7, 11) is -1.19. The van der Waals surface area contributed by atoms with Gasteiger partial charge < -0.3 is 10.1 Å². The molecule has 2 fully saturated rings. The van der Waals surface area contributed by atoms with Crippen LogP contribution in [-0.4, -0.2) is 71.4 Å². The number of nitrogens with one attached hydrogen (secondary N) is 1. The smallest absolute Gasteiger partial charge is 0.176 e. The van der Waals surface area contributed by atoms with Crippen LogP contribution in [0.3, 0.4) is 0 Å². The quantitative estimate of drug-likeness (QED) is 0.586. The third kappa shape index (κ3) is 4.73. The van der Waals surface area contributed by atoms with Crippen LogP contribution in [0.5, 0.6) is 0 Å². The number of hydrogen-bond donors (Lipinski definition) is 1. The zero-order chi connectivity index (χ0) is 23.0. The molecule has 2 aromatic rings. The summed E-state index contributed by atoms with van der Waals surface area (Å²) in [5.41, 5.74) is 2.64. The number of methoxy groups -OCH3 is 1. The van der Waals surface area contributed by atoms with Crippen molar-refractivity contribution < 1.29 is 13.2 Å². The fraction of sp³-hybridized carbons (Fsp3) is 0.682. The molecule has 1 unspecified atom stereocenters. The maximum atomic E-state index is 11.7. The molecular formula is C22H33N5O3S2. The average molecular weight is 480 g/mol. The molecule has 1 saturated heterocycles. The first kappa shape index (κ1) is 23.7. The fourth-order valence-corrected chi connectivity index (χ4v) is 7.14. The van der Waals surface area contributed by atoms with Crippen molar-refractivity contribution in [2.75, 3.05) is 37.2 Å². The van der Waals surface area contributed by atoms with Gasteiger partial charge in [0, 0.05) is 25.7 Å². The van der Waals surface area contributed by atoms with E-state index in [-0.39, 0.29) is 11.4 Å². The topological polar surface area (TPSA) is 99.0 Å². The third-order valence-electron chi connectivity index (χ3n) is 6.97. The highest BCUT2D eigenvalue weighted by Crippen LogP contribution is 2.47. The molecule has 1 aliphatic heterocycles. The van der Waals surface area contributed by atoms with Crippen LogP contribution in [0, 0.1) is 19.8 Å². The Kier molecular flexibility index (Phi) is 6.68. The lowest BCUT2D eigenvalue weighted by Crippen LogP contribution is -2.58. The van der Waals surface area contributed by atoms with Crippen LogP contribution in [-0.2, 0) is 20.1 Å². The molecule has 0 amide bonds. The molecule has 10 heteroatoms. The fourth-order valence-electron chi connectivity index (χ4n) is 4.98. The minimum atomic E-state index is -2.98. The number of aryl methyl sites for hydroxylation is 2. The van der Waals surface area contributed by atoms with E-state index in [1.54, 1.807) is 7.11 Å². The summed E-state index contributed by atoms with van der Waals surface area (Å²) in [5, 5.41) is 16.7. The van der Waals surface area contributed by atoms with Crippen LogP contribution in [0.4, 0.5) is 0 Å². The Hall–Kier alpha value is -1.49.